The predicted octanol–water partition coefficient (Wildman–Crippen LogP) is 5.70. The molecule has 1 nitrogen and oxygen atoms in total. The highest BCUT2D eigenvalue weighted by atomic mass is 35.5. The Balaban J connectivity index is 2.40. The van der Waals surface area contributed by atoms with E-state index in [0.29, 0.717) is 15.8 Å². The molecule has 0 saturated carbocycles. The highest BCUT2D eigenvalue weighted by Gasteiger charge is 2.20. The van der Waals surface area contributed by atoms with E-state index in [2.05, 4.69) is 0 Å². The molecule has 1 aromatic heterocycles. The fraction of sp³-hybridized carbons (Fsp3) is 0.231. The zero-order valence-electron chi connectivity index (χ0n) is 9.84. The van der Waals surface area contributed by atoms with Gasteiger partial charge in [-0.2, -0.15) is 0 Å². The fourth-order valence-corrected chi connectivity index (χ4v) is 3.74. The average molecular weight is 322 g/mol. The molecule has 2 aromatic rings. The summed E-state index contributed by atoms with van der Waals surface area (Å²) in [6, 6.07) is 5.45. The van der Waals surface area contributed by atoms with Gasteiger partial charge in [0.15, 0.2) is 0 Å². The molecular weight excluding hydrogens is 311 g/mol. The van der Waals surface area contributed by atoms with Crippen LogP contribution in [0, 0.1) is 6.92 Å². The summed E-state index contributed by atoms with van der Waals surface area (Å²) >= 11 is 20.4. The van der Waals surface area contributed by atoms with E-state index in [1.165, 1.54) is 0 Å². The van der Waals surface area contributed by atoms with Crippen LogP contribution in [0.15, 0.2) is 23.6 Å². The van der Waals surface area contributed by atoms with Gasteiger partial charge in [0.2, 0.25) is 0 Å². The second kappa shape index (κ2) is 5.70. The van der Waals surface area contributed by atoms with Crippen molar-refractivity contribution in [2.75, 3.05) is 7.11 Å². The van der Waals surface area contributed by atoms with Crippen molar-refractivity contribution in [2.24, 2.45) is 0 Å². The van der Waals surface area contributed by atoms with Crippen LogP contribution in [0.4, 0.5) is 0 Å². The normalized spacial score (nSPS) is 12.5. The van der Waals surface area contributed by atoms with Crippen LogP contribution in [0.25, 0.3) is 0 Å². The Morgan fingerprint density at radius 2 is 2.00 bits per heavy atom. The number of aryl methyl sites for hydroxylation is 1. The Labute approximate surface area is 125 Å². The summed E-state index contributed by atoms with van der Waals surface area (Å²) in [5.41, 5.74) is 1.87. The van der Waals surface area contributed by atoms with Crippen LogP contribution in [0.2, 0.25) is 10.0 Å². The van der Waals surface area contributed by atoms with E-state index in [9.17, 15) is 0 Å². The quantitative estimate of drug-likeness (QED) is 0.659. The SMILES string of the molecule is COc1ccc(C(Cl)c2scc(C)c2Cl)c(Cl)c1. The minimum Gasteiger partial charge on any atom is -0.497 e. The van der Waals surface area contributed by atoms with Crippen LogP contribution in [0.5, 0.6) is 5.75 Å². The molecule has 0 aliphatic rings. The van der Waals surface area contributed by atoms with Crippen molar-refractivity contribution in [3.8, 4) is 5.75 Å². The number of alkyl halides is 1. The Kier molecular flexibility index (Phi) is 4.44. The smallest absolute Gasteiger partial charge is 0.120 e. The van der Waals surface area contributed by atoms with Gasteiger partial charge in [-0.3, -0.25) is 0 Å². The standard InChI is InChI=1S/C13H11Cl3OS/c1-7-6-18-13(11(7)15)12(16)9-4-3-8(17-2)5-10(9)14/h3-6,12H,1-2H3. The highest BCUT2D eigenvalue weighted by molar-refractivity contribution is 7.11. The number of thiophene rings is 1. The molecule has 1 atom stereocenters. The largest absolute Gasteiger partial charge is 0.497 e. The van der Waals surface area contributed by atoms with E-state index in [1.54, 1.807) is 24.5 Å². The summed E-state index contributed by atoms with van der Waals surface area (Å²) in [5, 5.41) is 2.95. The zero-order valence-corrected chi connectivity index (χ0v) is 12.9. The number of rotatable bonds is 3. The van der Waals surface area contributed by atoms with Crippen molar-refractivity contribution in [1.82, 2.24) is 0 Å². The van der Waals surface area contributed by atoms with Gasteiger partial charge in [-0.15, -0.1) is 22.9 Å². The monoisotopic (exact) mass is 320 g/mol. The molecule has 0 radical (unpaired) electrons. The Morgan fingerprint density at radius 3 is 2.50 bits per heavy atom. The van der Waals surface area contributed by atoms with Gasteiger partial charge < -0.3 is 4.74 Å². The van der Waals surface area contributed by atoms with Crippen LogP contribution in [0.3, 0.4) is 0 Å². The lowest BCUT2D eigenvalue weighted by atomic mass is 10.1. The van der Waals surface area contributed by atoms with Gasteiger partial charge >= 0.3 is 0 Å². The van der Waals surface area contributed by atoms with Gasteiger partial charge in [0.25, 0.3) is 0 Å². The second-order valence-corrected chi connectivity index (χ2v) is 5.98. The summed E-state index contributed by atoms with van der Waals surface area (Å²) in [4.78, 5) is 0.919. The molecule has 2 rings (SSSR count). The van der Waals surface area contributed by atoms with Crippen LogP contribution >= 0.6 is 46.1 Å². The molecule has 0 amide bonds. The molecule has 0 aliphatic heterocycles. The topological polar surface area (TPSA) is 9.23 Å². The van der Waals surface area contributed by atoms with E-state index in [1.807, 2.05) is 24.4 Å². The van der Waals surface area contributed by atoms with E-state index in [-0.39, 0.29) is 5.38 Å². The minimum atomic E-state index is -0.338. The molecule has 96 valence electrons. The maximum absolute atomic E-state index is 6.45. The van der Waals surface area contributed by atoms with Crippen molar-refractivity contribution in [1.29, 1.82) is 0 Å². The van der Waals surface area contributed by atoms with Gasteiger partial charge in [0, 0.05) is 9.90 Å². The van der Waals surface area contributed by atoms with Crippen LogP contribution in [0.1, 0.15) is 21.4 Å². The summed E-state index contributed by atoms with van der Waals surface area (Å²) in [6.07, 6.45) is 0. The Hall–Kier alpha value is -0.410. The van der Waals surface area contributed by atoms with Gasteiger partial charge in [-0.25, -0.2) is 0 Å². The summed E-state index contributed by atoms with van der Waals surface area (Å²) in [6.45, 7) is 1.96. The number of ether oxygens (including phenoxy) is 1. The second-order valence-electron chi connectivity index (χ2n) is 3.85. The molecule has 1 heterocycles. The van der Waals surface area contributed by atoms with E-state index in [0.717, 1.165) is 16.0 Å². The molecular formula is C13H11Cl3OS. The minimum absolute atomic E-state index is 0.338. The molecule has 0 N–H and O–H groups in total. The number of benzene rings is 1. The third-order valence-electron chi connectivity index (χ3n) is 2.64. The lowest BCUT2D eigenvalue weighted by Crippen LogP contribution is -1.93. The molecule has 0 fully saturated rings. The summed E-state index contributed by atoms with van der Waals surface area (Å²) < 4.78 is 5.11. The molecule has 0 saturated heterocycles. The maximum Gasteiger partial charge on any atom is 0.120 e. The lowest BCUT2D eigenvalue weighted by molar-refractivity contribution is 0.414. The van der Waals surface area contributed by atoms with Crippen LogP contribution < -0.4 is 4.74 Å². The highest BCUT2D eigenvalue weighted by Crippen LogP contribution is 2.42. The van der Waals surface area contributed by atoms with Gasteiger partial charge in [0.05, 0.1) is 17.5 Å². The maximum atomic E-state index is 6.45. The Morgan fingerprint density at radius 1 is 1.28 bits per heavy atom. The summed E-state index contributed by atoms with van der Waals surface area (Å²) in [7, 11) is 1.60. The molecule has 18 heavy (non-hydrogen) atoms. The fourth-order valence-electron chi connectivity index (χ4n) is 1.60. The van der Waals surface area contributed by atoms with Crippen LogP contribution in [-0.2, 0) is 0 Å². The van der Waals surface area contributed by atoms with Crippen molar-refractivity contribution in [3.63, 3.8) is 0 Å². The van der Waals surface area contributed by atoms with E-state index >= 15 is 0 Å². The first-order valence-electron chi connectivity index (χ1n) is 5.25. The summed E-state index contributed by atoms with van der Waals surface area (Å²) in [5.74, 6) is 0.709. The molecule has 0 bridgehead atoms. The molecule has 1 aromatic carbocycles. The third-order valence-corrected chi connectivity index (χ3v) is 5.33. The van der Waals surface area contributed by atoms with Gasteiger partial charge in [-0.1, -0.05) is 29.3 Å². The number of halogens is 3. The molecule has 1 unspecified atom stereocenters. The van der Waals surface area contributed by atoms with Gasteiger partial charge in [-0.05, 0) is 35.6 Å². The van der Waals surface area contributed by atoms with Crippen molar-refractivity contribution >= 4 is 46.1 Å². The van der Waals surface area contributed by atoms with Crippen molar-refractivity contribution in [2.45, 2.75) is 12.3 Å². The zero-order chi connectivity index (χ0) is 13.3. The van der Waals surface area contributed by atoms with Gasteiger partial charge in [0.1, 0.15) is 5.75 Å². The van der Waals surface area contributed by atoms with E-state index < -0.39 is 0 Å². The number of hydrogen-bond acceptors (Lipinski definition) is 2. The van der Waals surface area contributed by atoms with Crippen LogP contribution in [-0.4, -0.2) is 7.11 Å². The van der Waals surface area contributed by atoms with E-state index in [4.69, 9.17) is 39.5 Å². The first-order valence-corrected chi connectivity index (χ1v) is 7.32. The third kappa shape index (κ3) is 2.62. The van der Waals surface area contributed by atoms with Crippen molar-refractivity contribution < 1.29 is 4.74 Å². The Bertz CT molecular complexity index is 565. The first kappa shape index (κ1) is 14.0. The molecule has 0 aliphatic carbocycles. The predicted molar refractivity (Wildman–Crippen MR) is 79.8 cm³/mol. The molecule has 0 spiro atoms. The lowest BCUT2D eigenvalue weighted by Gasteiger charge is -2.12. The molecule has 5 heteroatoms. The average Bonchev–Trinajstić information content (AvgIpc) is 2.69. The first-order chi connectivity index (χ1) is 8.54. The number of methoxy groups -OCH3 is 1. The van der Waals surface area contributed by atoms with Crippen molar-refractivity contribution in [3.05, 3.63) is 49.6 Å². The number of hydrogen-bond donors (Lipinski definition) is 0.